The zero-order chi connectivity index (χ0) is 23.2. The summed E-state index contributed by atoms with van der Waals surface area (Å²) in [5, 5.41) is 5.44. The van der Waals surface area contributed by atoms with Crippen LogP contribution >= 0.6 is 0 Å². The van der Waals surface area contributed by atoms with Crippen molar-refractivity contribution in [2.75, 3.05) is 0 Å². The molecule has 2 unspecified atom stereocenters. The fraction of sp³-hybridized carbons (Fsp3) is 0.161. The molecule has 3 aliphatic rings. The summed E-state index contributed by atoms with van der Waals surface area (Å²) >= 11 is -1.94. The van der Waals surface area contributed by atoms with Crippen LogP contribution in [-0.2, 0) is 20.9 Å². The Hall–Kier alpha value is -1.48. The van der Waals surface area contributed by atoms with Crippen molar-refractivity contribution in [2.45, 2.75) is 30.2 Å². The van der Waals surface area contributed by atoms with Gasteiger partial charge in [-0.2, -0.15) is 0 Å². The molecule has 0 radical (unpaired) electrons. The minimum atomic E-state index is -1.94. The molecule has 36 heavy (non-hydrogen) atoms. The van der Waals surface area contributed by atoms with E-state index >= 15 is 0 Å². The van der Waals surface area contributed by atoms with Crippen LogP contribution in [0.3, 0.4) is 0 Å². The Balaban J connectivity index is 0.00000133. The Morgan fingerprint density at radius 1 is 0.750 bits per heavy atom. The van der Waals surface area contributed by atoms with Gasteiger partial charge in [0.2, 0.25) is 0 Å². The number of hydrogen-bond donors (Lipinski definition) is 0. The van der Waals surface area contributed by atoms with Gasteiger partial charge in [0, 0.05) is 0 Å². The third-order valence-electron chi connectivity index (χ3n) is 8.23. The summed E-state index contributed by atoms with van der Waals surface area (Å²) in [4.78, 5) is 0. The van der Waals surface area contributed by atoms with Gasteiger partial charge in [-0.15, -0.1) is 0 Å². The SMILES string of the molecule is Cc1ccc2c(c1-c1ccccc1)C=C([Si](C)(C)C)[CH]2[Zr+2]1[c]2cccc3c2[SiH]1c1ccccc1-3.[Cl-].[Cl-]. The molecule has 2 atom stereocenters. The topological polar surface area (TPSA) is 0 Å². The Morgan fingerprint density at radius 2 is 1.44 bits per heavy atom. The maximum Gasteiger partial charge on any atom is -1.00 e. The van der Waals surface area contributed by atoms with Crippen molar-refractivity contribution in [1.29, 1.82) is 0 Å². The number of aryl methyl sites for hydroxylation is 1. The number of allylic oxidation sites excluding steroid dienone is 1. The molecule has 2 aliphatic heterocycles. The molecule has 1 aliphatic carbocycles. The molecule has 4 aromatic rings. The number of halogens is 2. The zero-order valence-corrected chi connectivity index (χ0v) is 27.2. The van der Waals surface area contributed by atoms with Gasteiger partial charge < -0.3 is 24.8 Å². The number of rotatable bonds is 3. The van der Waals surface area contributed by atoms with E-state index in [1.807, 2.05) is 13.7 Å². The van der Waals surface area contributed by atoms with Gasteiger partial charge in [0.25, 0.3) is 0 Å². The summed E-state index contributed by atoms with van der Waals surface area (Å²) in [6, 6.07) is 32.8. The van der Waals surface area contributed by atoms with Crippen molar-refractivity contribution in [1.82, 2.24) is 0 Å². The van der Waals surface area contributed by atoms with Crippen molar-refractivity contribution in [3.8, 4) is 22.3 Å². The number of fused-ring (bicyclic) bond motifs is 4. The van der Waals surface area contributed by atoms with Crippen LogP contribution in [0.2, 0.25) is 19.6 Å². The van der Waals surface area contributed by atoms with Gasteiger partial charge in [0.05, 0.1) is 0 Å². The summed E-state index contributed by atoms with van der Waals surface area (Å²) in [5.74, 6) is -1.04. The van der Waals surface area contributed by atoms with Crippen LogP contribution in [0.1, 0.15) is 20.3 Å². The van der Waals surface area contributed by atoms with Crippen molar-refractivity contribution in [3.05, 3.63) is 107 Å². The number of benzene rings is 4. The Kier molecular flexibility index (Phi) is 6.80. The van der Waals surface area contributed by atoms with Crippen LogP contribution in [-0.4, -0.2) is 14.0 Å². The predicted octanol–water partition coefficient (Wildman–Crippen LogP) is -0.239. The first-order valence-electron chi connectivity index (χ1n) is 12.5. The predicted molar refractivity (Wildman–Crippen MR) is 149 cm³/mol. The molecule has 0 fully saturated rings. The van der Waals surface area contributed by atoms with Gasteiger partial charge in [0.1, 0.15) is 0 Å². The van der Waals surface area contributed by atoms with Crippen LogP contribution in [0, 0.1) is 6.92 Å². The van der Waals surface area contributed by atoms with Gasteiger partial charge >= 0.3 is 214 Å². The summed E-state index contributed by atoms with van der Waals surface area (Å²) in [6.45, 7) is 10.0. The first-order chi connectivity index (χ1) is 16.4. The molecule has 2 heterocycles. The summed E-state index contributed by atoms with van der Waals surface area (Å²) in [7, 11) is -1.48. The van der Waals surface area contributed by atoms with E-state index in [-0.39, 0.29) is 24.8 Å². The largest absolute Gasteiger partial charge is 1.00 e. The van der Waals surface area contributed by atoms with Gasteiger partial charge in [-0.1, -0.05) is 0 Å². The fourth-order valence-corrected chi connectivity index (χ4v) is 38.9. The molecule has 4 aromatic carbocycles. The molecule has 0 nitrogen and oxygen atoms in total. The second-order valence-electron chi connectivity index (χ2n) is 11.2. The zero-order valence-electron chi connectivity index (χ0n) is 21.1. The standard InChI is InChI=1S/C19H21Si.C12H8Si.2ClH.Zr/c1-14-10-11-16-12-17(20(2,3)4)13-18(16)19(14)15-8-6-5-7-9-15;1-3-7-11-9(5-1)10-6-2-4-8-12(10)13-11;;;/h5-13H,1-4H3;1-7,13H;2*1H;/q;;;;+2/p-2. The van der Waals surface area contributed by atoms with Gasteiger partial charge in [0.15, 0.2) is 0 Å². The summed E-state index contributed by atoms with van der Waals surface area (Å²) in [6.07, 6.45) is 2.69. The Bertz CT molecular complexity index is 1520. The molecule has 0 aromatic heterocycles. The average molecular weight is 620 g/mol. The van der Waals surface area contributed by atoms with E-state index in [4.69, 9.17) is 0 Å². The molecule has 0 N–H and O–H groups in total. The van der Waals surface area contributed by atoms with E-state index in [0.717, 1.165) is 3.63 Å². The molecule has 0 saturated carbocycles. The Labute approximate surface area is 236 Å². The first-order valence-corrected chi connectivity index (χ1v) is 24.6. The van der Waals surface area contributed by atoms with Crippen molar-refractivity contribution in [3.63, 3.8) is 0 Å². The van der Waals surface area contributed by atoms with Crippen LogP contribution < -0.4 is 38.5 Å². The third kappa shape index (κ3) is 3.62. The Morgan fingerprint density at radius 3 is 2.19 bits per heavy atom. The quantitative estimate of drug-likeness (QED) is 0.278. The number of hydrogen-bond acceptors (Lipinski definition) is 0. The van der Waals surface area contributed by atoms with E-state index in [0.29, 0.717) is 0 Å². The molecule has 179 valence electrons. The second-order valence-corrected chi connectivity index (χ2v) is 31.2. The summed E-state index contributed by atoms with van der Waals surface area (Å²) < 4.78 is 2.58. The third-order valence-corrected chi connectivity index (χ3v) is 33.2. The molecule has 5 heteroatoms. The molecule has 7 rings (SSSR count). The maximum absolute atomic E-state index is 2.69. The molecular weight excluding hydrogens is 591 g/mol. The van der Waals surface area contributed by atoms with E-state index in [2.05, 4.69) is 118 Å². The molecule has 0 bridgehead atoms. The first kappa shape index (κ1) is 26.1. The minimum absolute atomic E-state index is 0. The van der Waals surface area contributed by atoms with Crippen LogP contribution in [0.4, 0.5) is 0 Å². The second kappa shape index (κ2) is 9.36. The van der Waals surface area contributed by atoms with Gasteiger partial charge in [-0.3, -0.25) is 0 Å². The normalized spacial score (nSPS) is 18.2. The molecule has 0 spiro atoms. The van der Waals surface area contributed by atoms with E-state index in [9.17, 15) is 0 Å². The molecule has 0 amide bonds. The van der Waals surface area contributed by atoms with Crippen LogP contribution in [0.25, 0.3) is 28.3 Å². The van der Waals surface area contributed by atoms with E-state index < -0.39 is 34.9 Å². The van der Waals surface area contributed by atoms with Crippen molar-refractivity contribution in [2.24, 2.45) is 0 Å². The van der Waals surface area contributed by atoms with Crippen LogP contribution in [0.15, 0.2) is 90.1 Å². The van der Waals surface area contributed by atoms with E-state index in [1.54, 1.807) is 27.4 Å². The van der Waals surface area contributed by atoms with Crippen molar-refractivity contribution >= 4 is 33.7 Å². The fourth-order valence-electron chi connectivity index (χ4n) is 6.77. The molecule has 0 saturated heterocycles. The monoisotopic (exact) mass is 617 g/mol. The average Bonchev–Trinajstić information content (AvgIpc) is 3.35. The van der Waals surface area contributed by atoms with Gasteiger partial charge in [-0.25, -0.2) is 0 Å². The molecular formula is C31H29Cl2Si2Zr. The van der Waals surface area contributed by atoms with Crippen molar-refractivity contribution < 1.29 is 45.7 Å². The van der Waals surface area contributed by atoms with Gasteiger partial charge in [-0.05, 0) is 0 Å². The minimum Gasteiger partial charge on any atom is -1.00 e. The van der Waals surface area contributed by atoms with Crippen LogP contribution in [0.5, 0.6) is 0 Å². The maximum atomic E-state index is 2.69. The summed E-state index contributed by atoms with van der Waals surface area (Å²) in [5.41, 5.74) is 10.6. The van der Waals surface area contributed by atoms with E-state index in [1.165, 1.54) is 16.7 Å². The smallest absolute Gasteiger partial charge is 1.00 e.